The first-order chi connectivity index (χ1) is 14.9. The van der Waals surface area contributed by atoms with Crippen LogP contribution in [0.1, 0.15) is 29.6 Å². The number of benzene rings is 2. The zero-order valence-corrected chi connectivity index (χ0v) is 18.4. The van der Waals surface area contributed by atoms with E-state index in [2.05, 4.69) is 0 Å². The Morgan fingerprint density at radius 1 is 1.03 bits per heavy atom. The highest BCUT2D eigenvalue weighted by molar-refractivity contribution is 6.42. The summed E-state index contributed by atoms with van der Waals surface area (Å²) in [6.07, 6.45) is 1.43. The van der Waals surface area contributed by atoms with E-state index in [1.54, 1.807) is 28.0 Å². The van der Waals surface area contributed by atoms with Crippen molar-refractivity contribution in [1.82, 2.24) is 4.90 Å². The quantitative estimate of drug-likeness (QED) is 0.626. The van der Waals surface area contributed by atoms with Crippen LogP contribution in [-0.2, 0) is 9.59 Å². The number of carbonyl (C=O) groups is 3. The summed E-state index contributed by atoms with van der Waals surface area (Å²) >= 11 is 12.0. The number of fused-ring (bicyclic) bond motifs is 1. The zero-order valence-electron chi connectivity index (χ0n) is 16.9. The molecular formula is C23H22Cl2N2O4. The van der Waals surface area contributed by atoms with Crippen LogP contribution in [-0.4, -0.2) is 48.7 Å². The van der Waals surface area contributed by atoms with Gasteiger partial charge in [-0.3, -0.25) is 14.4 Å². The monoisotopic (exact) mass is 460 g/mol. The van der Waals surface area contributed by atoms with Gasteiger partial charge in [-0.1, -0.05) is 35.3 Å². The van der Waals surface area contributed by atoms with Crippen molar-refractivity contribution in [2.45, 2.75) is 19.3 Å². The van der Waals surface area contributed by atoms with Crippen molar-refractivity contribution in [2.24, 2.45) is 5.92 Å². The number of nitrogens with zero attached hydrogens (tertiary/aromatic N) is 2. The lowest BCUT2D eigenvalue weighted by Gasteiger charge is -2.33. The molecule has 1 saturated heterocycles. The molecule has 2 aliphatic heterocycles. The molecule has 0 bridgehead atoms. The molecule has 2 amide bonds. The van der Waals surface area contributed by atoms with Gasteiger partial charge in [-0.25, -0.2) is 0 Å². The predicted octanol–water partition coefficient (Wildman–Crippen LogP) is 4.23. The first-order valence-corrected chi connectivity index (χ1v) is 11.0. The number of hydrogen-bond acceptors (Lipinski definition) is 4. The normalized spacial score (nSPS) is 16.6. The summed E-state index contributed by atoms with van der Waals surface area (Å²) in [5.74, 6) is 0.362. The van der Waals surface area contributed by atoms with Crippen LogP contribution in [0, 0.1) is 5.92 Å². The molecule has 0 aromatic heterocycles. The average Bonchev–Trinajstić information content (AvgIpc) is 2.79. The third kappa shape index (κ3) is 4.70. The standard InChI is InChI=1S/C23H22Cl2N2O4/c24-17-6-5-16(13-18(17)25)23(30)15-7-10-26(11-8-15)21(28)9-12-27-19-3-1-2-4-20(19)31-14-22(27)29/h1-6,13,15H,7-12,14H2. The van der Waals surface area contributed by atoms with E-state index in [1.807, 2.05) is 24.3 Å². The van der Waals surface area contributed by atoms with Crippen LogP contribution >= 0.6 is 23.2 Å². The molecule has 0 N–H and O–H groups in total. The van der Waals surface area contributed by atoms with E-state index in [9.17, 15) is 14.4 Å². The molecule has 0 saturated carbocycles. The second kappa shape index (κ2) is 9.28. The number of piperidine rings is 1. The molecule has 2 heterocycles. The second-order valence-corrected chi connectivity index (χ2v) is 8.51. The topological polar surface area (TPSA) is 66.9 Å². The van der Waals surface area contributed by atoms with Crippen LogP contribution in [0.3, 0.4) is 0 Å². The van der Waals surface area contributed by atoms with Crippen molar-refractivity contribution < 1.29 is 19.1 Å². The van der Waals surface area contributed by atoms with E-state index in [4.69, 9.17) is 27.9 Å². The molecule has 6 nitrogen and oxygen atoms in total. The fourth-order valence-corrected chi connectivity index (χ4v) is 4.34. The van der Waals surface area contributed by atoms with Gasteiger partial charge in [0.1, 0.15) is 5.75 Å². The molecular weight excluding hydrogens is 439 g/mol. The van der Waals surface area contributed by atoms with E-state index in [-0.39, 0.29) is 36.5 Å². The van der Waals surface area contributed by atoms with Crippen molar-refractivity contribution in [3.8, 4) is 5.75 Å². The lowest BCUT2D eigenvalue weighted by atomic mass is 9.89. The van der Waals surface area contributed by atoms with Crippen LogP contribution in [0.4, 0.5) is 5.69 Å². The summed E-state index contributed by atoms with van der Waals surface area (Å²) in [5.41, 5.74) is 1.24. The number of rotatable bonds is 5. The molecule has 0 spiro atoms. The van der Waals surface area contributed by atoms with Crippen LogP contribution in [0.25, 0.3) is 0 Å². The maximum absolute atomic E-state index is 12.8. The highest BCUT2D eigenvalue weighted by Crippen LogP contribution is 2.32. The number of para-hydroxylation sites is 2. The third-order valence-corrected chi connectivity index (χ3v) is 6.52. The Labute approximate surface area is 190 Å². The average molecular weight is 461 g/mol. The molecule has 2 aromatic carbocycles. The Hall–Kier alpha value is -2.57. The first-order valence-electron chi connectivity index (χ1n) is 10.2. The van der Waals surface area contributed by atoms with Gasteiger partial charge in [0, 0.05) is 37.5 Å². The number of ether oxygens (including phenoxy) is 1. The second-order valence-electron chi connectivity index (χ2n) is 7.70. The summed E-state index contributed by atoms with van der Waals surface area (Å²) in [6.45, 7) is 1.32. The zero-order chi connectivity index (χ0) is 22.0. The van der Waals surface area contributed by atoms with Crippen LogP contribution < -0.4 is 9.64 Å². The molecule has 31 heavy (non-hydrogen) atoms. The van der Waals surface area contributed by atoms with Gasteiger partial charge in [0.05, 0.1) is 15.7 Å². The molecule has 2 aromatic rings. The molecule has 162 valence electrons. The number of amides is 2. The summed E-state index contributed by atoms with van der Waals surface area (Å²) in [5, 5.41) is 0.777. The predicted molar refractivity (Wildman–Crippen MR) is 119 cm³/mol. The molecule has 0 aliphatic carbocycles. The van der Waals surface area contributed by atoms with Crippen molar-refractivity contribution >= 4 is 46.5 Å². The molecule has 0 radical (unpaired) electrons. The first kappa shape index (κ1) is 21.7. The van der Waals surface area contributed by atoms with Gasteiger partial charge in [0.2, 0.25) is 5.91 Å². The number of anilines is 1. The van der Waals surface area contributed by atoms with Crippen molar-refractivity contribution in [2.75, 3.05) is 31.1 Å². The van der Waals surface area contributed by atoms with Crippen molar-refractivity contribution in [3.05, 3.63) is 58.1 Å². The van der Waals surface area contributed by atoms with E-state index < -0.39 is 0 Å². The van der Waals surface area contributed by atoms with Crippen LogP contribution in [0.2, 0.25) is 10.0 Å². The van der Waals surface area contributed by atoms with E-state index >= 15 is 0 Å². The van der Waals surface area contributed by atoms with Crippen LogP contribution in [0.15, 0.2) is 42.5 Å². The SMILES string of the molecule is O=C(c1ccc(Cl)c(Cl)c1)C1CCN(C(=O)CCN2C(=O)COc3ccccc32)CC1. The minimum Gasteiger partial charge on any atom is -0.482 e. The minimum atomic E-state index is -0.155. The Balaban J connectivity index is 1.31. The number of likely N-dealkylation sites (tertiary alicyclic amines) is 1. The van der Waals surface area contributed by atoms with Gasteiger partial charge < -0.3 is 14.5 Å². The minimum absolute atomic E-state index is 0.0165. The van der Waals surface area contributed by atoms with Crippen LogP contribution in [0.5, 0.6) is 5.75 Å². The lowest BCUT2D eigenvalue weighted by Crippen LogP contribution is -2.44. The summed E-state index contributed by atoms with van der Waals surface area (Å²) in [6, 6.07) is 12.2. The highest BCUT2D eigenvalue weighted by atomic mass is 35.5. The van der Waals surface area contributed by atoms with E-state index in [1.165, 1.54) is 0 Å². The van der Waals surface area contributed by atoms with Gasteiger partial charge in [0.25, 0.3) is 5.91 Å². The summed E-state index contributed by atoms with van der Waals surface area (Å²) in [7, 11) is 0. The summed E-state index contributed by atoms with van der Waals surface area (Å²) < 4.78 is 5.44. The Bertz CT molecular complexity index is 1020. The van der Waals surface area contributed by atoms with Gasteiger partial charge >= 0.3 is 0 Å². The molecule has 2 aliphatic rings. The third-order valence-electron chi connectivity index (χ3n) is 5.78. The van der Waals surface area contributed by atoms with Crippen molar-refractivity contribution in [1.29, 1.82) is 0 Å². The van der Waals surface area contributed by atoms with Crippen molar-refractivity contribution in [3.63, 3.8) is 0 Å². The van der Waals surface area contributed by atoms with E-state index in [0.717, 1.165) is 0 Å². The molecule has 0 atom stereocenters. The number of ketones is 1. The number of hydrogen-bond donors (Lipinski definition) is 0. The van der Waals surface area contributed by atoms with Gasteiger partial charge in [0.15, 0.2) is 12.4 Å². The van der Waals surface area contributed by atoms with Gasteiger partial charge in [-0.15, -0.1) is 0 Å². The maximum atomic E-state index is 12.8. The molecule has 0 unspecified atom stereocenters. The number of halogens is 2. The Morgan fingerprint density at radius 2 is 1.77 bits per heavy atom. The van der Waals surface area contributed by atoms with E-state index in [0.29, 0.717) is 59.5 Å². The van der Waals surface area contributed by atoms with Gasteiger partial charge in [-0.05, 0) is 43.2 Å². The fraction of sp³-hybridized carbons (Fsp3) is 0.348. The summed E-state index contributed by atoms with van der Waals surface area (Å²) in [4.78, 5) is 41.1. The van der Waals surface area contributed by atoms with Gasteiger partial charge in [-0.2, -0.15) is 0 Å². The molecule has 1 fully saturated rings. The fourth-order valence-electron chi connectivity index (χ4n) is 4.04. The largest absolute Gasteiger partial charge is 0.482 e. The highest BCUT2D eigenvalue weighted by Gasteiger charge is 2.30. The maximum Gasteiger partial charge on any atom is 0.265 e. The lowest BCUT2D eigenvalue weighted by molar-refractivity contribution is -0.132. The Morgan fingerprint density at radius 3 is 2.52 bits per heavy atom. The molecule has 4 rings (SSSR count). The smallest absolute Gasteiger partial charge is 0.265 e. The Kier molecular flexibility index (Phi) is 6.49. The molecule has 8 heteroatoms. The number of Topliss-reactive ketones (excluding diaryl/α,β-unsaturated/α-hetero) is 1. The number of carbonyl (C=O) groups excluding carboxylic acids is 3.